The van der Waals surface area contributed by atoms with Crippen LogP contribution in [-0.2, 0) is 4.79 Å². The predicted molar refractivity (Wildman–Crippen MR) is 79.5 cm³/mol. The molecular weight excluding hydrogens is 234 g/mol. The lowest BCUT2D eigenvalue weighted by Gasteiger charge is -2.12. The first-order valence-corrected chi connectivity index (χ1v) is 6.82. The minimum absolute atomic E-state index is 0.148. The summed E-state index contributed by atoms with van der Waals surface area (Å²) in [5, 5.41) is 2.75. The van der Waals surface area contributed by atoms with Gasteiger partial charge in [-0.2, -0.15) is 0 Å². The van der Waals surface area contributed by atoms with Crippen LogP contribution in [0.4, 0.5) is 0 Å². The molecule has 1 aliphatic rings. The van der Waals surface area contributed by atoms with Crippen molar-refractivity contribution in [3.8, 4) is 0 Å². The molecule has 0 spiro atoms. The fourth-order valence-corrected chi connectivity index (χ4v) is 2.70. The maximum Gasteiger partial charge on any atom is 0.223 e. The topological polar surface area (TPSA) is 29.1 Å². The van der Waals surface area contributed by atoms with Crippen LogP contribution in [0.25, 0.3) is 5.57 Å². The molecule has 2 atom stereocenters. The third kappa shape index (κ3) is 2.78. The van der Waals surface area contributed by atoms with Crippen LogP contribution in [0.2, 0.25) is 0 Å². The lowest BCUT2D eigenvalue weighted by molar-refractivity contribution is -0.122. The molecule has 0 aromatic heterocycles. The van der Waals surface area contributed by atoms with Crippen molar-refractivity contribution in [1.29, 1.82) is 0 Å². The Bertz CT molecular complexity index is 513. The van der Waals surface area contributed by atoms with Crippen molar-refractivity contribution in [3.63, 3.8) is 0 Å². The molecule has 2 rings (SSSR count). The molecule has 2 unspecified atom stereocenters. The van der Waals surface area contributed by atoms with Crippen LogP contribution < -0.4 is 5.32 Å². The van der Waals surface area contributed by atoms with Crippen LogP contribution in [0, 0.1) is 11.8 Å². The van der Waals surface area contributed by atoms with Crippen molar-refractivity contribution in [1.82, 2.24) is 5.32 Å². The highest BCUT2D eigenvalue weighted by atomic mass is 16.1. The summed E-state index contributed by atoms with van der Waals surface area (Å²) < 4.78 is 0. The van der Waals surface area contributed by atoms with Crippen molar-refractivity contribution >= 4 is 11.5 Å². The lowest BCUT2D eigenvalue weighted by Crippen LogP contribution is -2.20. The number of carbonyl (C=O) groups is 1. The van der Waals surface area contributed by atoms with Crippen molar-refractivity contribution in [2.24, 2.45) is 11.8 Å². The van der Waals surface area contributed by atoms with Gasteiger partial charge in [-0.3, -0.25) is 4.79 Å². The molecule has 1 aliphatic carbocycles. The highest BCUT2D eigenvalue weighted by Gasteiger charge is 2.45. The predicted octanol–water partition coefficient (Wildman–Crippen LogP) is 3.42. The minimum atomic E-state index is 0.148. The van der Waals surface area contributed by atoms with Crippen molar-refractivity contribution < 1.29 is 4.79 Å². The molecule has 0 heterocycles. The van der Waals surface area contributed by atoms with Gasteiger partial charge in [0, 0.05) is 13.0 Å². The smallest absolute Gasteiger partial charge is 0.223 e. The summed E-state index contributed by atoms with van der Waals surface area (Å²) in [5.74, 6) is 0.680. The van der Waals surface area contributed by atoms with E-state index >= 15 is 0 Å². The molecule has 1 saturated carbocycles. The van der Waals surface area contributed by atoms with Crippen molar-refractivity contribution in [2.45, 2.75) is 20.3 Å². The molecule has 2 heteroatoms. The van der Waals surface area contributed by atoms with Crippen LogP contribution in [0.3, 0.4) is 0 Å². The molecule has 1 aromatic rings. The number of carbonyl (C=O) groups excluding carboxylic acids is 1. The van der Waals surface area contributed by atoms with Crippen LogP contribution in [0.15, 0.2) is 48.1 Å². The second-order valence-corrected chi connectivity index (χ2v) is 4.88. The summed E-state index contributed by atoms with van der Waals surface area (Å²) >= 11 is 0. The highest BCUT2D eigenvalue weighted by molar-refractivity contribution is 5.86. The molecule has 0 bridgehead atoms. The second-order valence-electron chi connectivity index (χ2n) is 4.88. The first kappa shape index (κ1) is 13.6. The summed E-state index contributed by atoms with van der Waals surface area (Å²) in [6.07, 6.45) is 5.25. The Balaban J connectivity index is 2.22. The quantitative estimate of drug-likeness (QED) is 0.821. The Morgan fingerprint density at radius 1 is 1.16 bits per heavy atom. The number of amides is 1. The van der Waals surface area contributed by atoms with Crippen LogP contribution in [-0.4, -0.2) is 13.0 Å². The summed E-state index contributed by atoms with van der Waals surface area (Å²) in [6, 6.07) is 10.4. The Labute approximate surface area is 115 Å². The molecule has 0 saturated heterocycles. The van der Waals surface area contributed by atoms with E-state index in [-0.39, 0.29) is 11.8 Å². The van der Waals surface area contributed by atoms with E-state index in [1.807, 2.05) is 6.07 Å². The highest BCUT2D eigenvalue weighted by Crippen LogP contribution is 2.48. The normalized spacial score (nSPS) is 23.1. The van der Waals surface area contributed by atoms with Crippen LogP contribution >= 0.6 is 0 Å². The minimum Gasteiger partial charge on any atom is -0.359 e. The van der Waals surface area contributed by atoms with Crippen LogP contribution in [0.5, 0.6) is 0 Å². The van der Waals surface area contributed by atoms with Gasteiger partial charge >= 0.3 is 0 Å². The third-order valence-corrected chi connectivity index (χ3v) is 3.77. The summed E-state index contributed by atoms with van der Waals surface area (Å²) in [5.41, 5.74) is 3.77. The molecule has 0 radical (unpaired) electrons. The molecule has 19 heavy (non-hydrogen) atoms. The number of benzene rings is 1. The zero-order valence-corrected chi connectivity index (χ0v) is 11.8. The fourth-order valence-electron chi connectivity index (χ4n) is 2.70. The van der Waals surface area contributed by atoms with E-state index in [4.69, 9.17) is 0 Å². The fraction of sp³-hybridized carbons (Fsp3) is 0.353. The van der Waals surface area contributed by atoms with E-state index in [0.717, 1.165) is 6.42 Å². The maximum atomic E-state index is 11.7. The first-order chi connectivity index (χ1) is 9.22. The number of allylic oxidation sites excluding steroid dienone is 4. The van der Waals surface area contributed by atoms with Gasteiger partial charge in [-0.1, -0.05) is 42.5 Å². The maximum absolute atomic E-state index is 11.7. The monoisotopic (exact) mass is 255 g/mol. The number of hydrogen-bond acceptors (Lipinski definition) is 1. The molecular formula is C17H21NO. The molecule has 0 aliphatic heterocycles. The molecule has 1 fully saturated rings. The largest absolute Gasteiger partial charge is 0.359 e. The van der Waals surface area contributed by atoms with Crippen LogP contribution in [0.1, 0.15) is 25.8 Å². The average molecular weight is 255 g/mol. The Kier molecular flexibility index (Phi) is 4.20. The molecule has 1 amide bonds. The lowest BCUT2D eigenvalue weighted by atomic mass is 9.93. The Hall–Kier alpha value is -1.83. The van der Waals surface area contributed by atoms with Gasteiger partial charge in [0.15, 0.2) is 0 Å². The molecule has 2 nitrogen and oxygen atoms in total. The number of nitrogens with one attached hydrogen (secondary N) is 1. The zero-order chi connectivity index (χ0) is 13.8. The van der Waals surface area contributed by atoms with Gasteiger partial charge in [-0.15, -0.1) is 0 Å². The van der Waals surface area contributed by atoms with E-state index in [9.17, 15) is 4.79 Å². The Morgan fingerprint density at radius 3 is 2.37 bits per heavy atom. The van der Waals surface area contributed by atoms with E-state index in [0.29, 0.717) is 5.92 Å². The van der Waals surface area contributed by atoms with E-state index in [1.54, 1.807) is 7.05 Å². The van der Waals surface area contributed by atoms with Gasteiger partial charge < -0.3 is 5.32 Å². The van der Waals surface area contributed by atoms with E-state index in [2.05, 4.69) is 55.6 Å². The van der Waals surface area contributed by atoms with Crippen molar-refractivity contribution in [2.75, 3.05) is 7.05 Å². The zero-order valence-electron chi connectivity index (χ0n) is 11.8. The van der Waals surface area contributed by atoms with Gasteiger partial charge in [-0.05, 0) is 42.9 Å². The number of hydrogen-bond donors (Lipinski definition) is 1. The van der Waals surface area contributed by atoms with Gasteiger partial charge in [0.2, 0.25) is 5.91 Å². The molecule has 1 N–H and O–H groups in total. The van der Waals surface area contributed by atoms with Gasteiger partial charge in [0.05, 0.1) is 0 Å². The average Bonchev–Trinajstić information content (AvgIpc) is 3.24. The number of rotatable bonds is 4. The van der Waals surface area contributed by atoms with Crippen molar-refractivity contribution in [3.05, 3.63) is 53.6 Å². The van der Waals surface area contributed by atoms with E-state index < -0.39 is 0 Å². The van der Waals surface area contributed by atoms with E-state index in [1.165, 1.54) is 16.7 Å². The molecule has 1 aromatic carbocycles. The second kappa shape index (κ2) is 5.87. The third-order valence-electron chi connectivity index (χ3n) is 3.77. The van der Waals surface area contributed by atoms with Gasteiger partial charge in [-0.25, -0.2) is 0 Å². The Morgan fingerprint density at radius 2 is 1.84 bits per heavy atom. The standard InChI is InChI=1S/C17H21NO/c1-4-13(12-9-7-6-8-10-12)14(5-2)15-11-16(15)17(19)18-3/h4-10,15-16H,11H2,1-3H3,(H,18,19)/b13-4-,14-5+. The molecule has 100 valence electrons. The van der Waals surface area contributed by atoms with Gasteiger partial charge in [0.25, 0.3) is 0 Å². The first-order valence-electron chi connectivity index (χ1n) is 6.82. The summed E-state index contributed by atoms with van der Waals surface area (Å²) in [7, 11) is 1.71. The summed E-state index contributed by atoms with van der Waals surface area (Å²) in [4.78, 5) is 11.7. The SMILES string of the molecule is C/C=C(\C(=C/C)C1CC1C(=O)NC)c1ccccc1. The summed E-state index contributed by atoms with van der Waals surface area (Å²) in [6.45, 7) is 4.12. The van der Waals surface area contributed by atoms with Gasteiger partial charge in [0.1, 0.15) is 0 Å².